The van der Waals surface area contributed by atoms with Gasteiger partial charge in [0.25, 0.3) is 5.56 Å². The molecule has 6 heteroatoms. The number of aromatic amines is 1. The number of hydrogen-bond acceptors (Lipinski definition) is 3. The van der Waals surface area contributed by atoms with Gasteiger partial charge in [-0.05, 0) is 37.6 Å². The van der Waals surface area contributed by atoms with Crippen LogP contribution in [0.1, 0.15) is 12.8 Å². The lowest BCUT2D eigenvalue weighted by atomic mass is 10.2. The third-order valence-electron chi connectivity index (χ3n) is 3.51. The maximum Gasteiger partial charge on any atom is 0.328 e. The lowest BCUT2D eigenvalue weighted by molar-refractivity contribution is 0.487. The van der Waals surface area contributed by atoms with Crippen LogP contribution in [0.2, 0.25) is 0 Å². The Morgan fingerprint density at radius 3 is 2.95 bits per heavy atom. The summed E-state index contributed by atoms with van der Waals surface area (Å²) in [7, 11) is 0. The van der Waals surface area contributed by atoms with Crippen molar-refractivity contribution in [3.63, 3.8) is 0 Å². The van der Waals surface area contributed by atoms with Gasteiger partial charge in [-0.3, -0.25) is 9.36 Å². The SMILES string of the molecule is O=c1[nH]c2cc(F)ccc2c(=O)n1CC1CCCN1. The number of benzene rings is 1. The summed E-state index contributed by atoms with van der Waals surface area (Å²) in [5, 5.41) is 3.58. The summed E-state index contributed by atoms with van der Waals surface area (Å²) in [6, 6.07) is 3.94. The Bertz CT molecular complexity index is 729. The summed E-state index contributed by atoms with van der Waals surface area (Å²) < 4.78 is 14.3. The quantitative estimate of drug-likeness (QED) is 0.833. The van der Waals surface area contributed by atoms with Crippen LogP contribution < -0.4 is 16.6 Å². The predicted molar refractivity (Wildman–Crippen MR) is 69.8 cm³/mol. The Labute approximate surface area is 108 Å². The van der Waals surface area contributed by atoms with Gasteiger partial charge in [0, 0.05) is 12.6 Å². The van der Waals surface area contributed by atoms with Crippen LogP contribution in [-0.2, 0) is 6.54 Å². The van der Waals surface area contributed by atoms with Crippen molar-refractivity contribution >= 4 is 10.9 Å². The van der Waals surface area contributed by atoms with Gasteiger partial charge in [0.1, 0.15) is 5.82 Å². The first kappa shape index (κ1) is 12.1. The second-order valence-corrected chi connectivity index (χ2v) is 4.83. The molecule has 1 atom stereocenters. The lowest BCUT2D eigenvalue weighted by Crippen LogP contribution is -2.40. The van der Waals surface area contributed by atoms with Gasteiger partial charge in [-0.1, -0.05) is 0 Å². The van der Waals surface area contributed by atoms with Crippen molar-refractivity contribution in [1.82, 2.24) is 14.9 Å². The monoisotopic (exact) mass is 263 g/mol. The van der Waals surface area contributed by atoms with E-state index in [0.29, 0.717) is 11.9 Å². The van der Waals surface area contributed by atoms with Crippen LogP contribution in [0.5, 0.6) is 0 Å². The first-order valence-electron chi connectivity index (χ1n) is 6.31. The molecule has 5 nitrogen and oxygen atoms in total. The molecule has 0 aliphatic carbocycles. The van der Waals surface area contributed by atoms with Crippen molar-refractivity contribution in [2.24, 2.45) is 0 Å². The average molecular weight is 263 g/mol. The molecule has 1 unspecified atom stereocenters. The van der Waals surface area contributed by atoms with Crippen LogP contribution in [0.3, 0.4) is 0 Å². The molecule has 19 heavy (non-hydrogen) atoms. The topological polar surface area (TPSA) is 66.9 Å². The van der Waals surface area contributed by atoms with Crippen LogP contribution in [0.4, 0.5) is 4.39 Å². The number of nitrogens with one attached hydrogen (secondary N) is 2. The first-order chi connectivity index (χ1) is 9.15. The van der Waals surface area contributed by atoms with Crippen LogP contribution in [0.25, 0.3) is 10.9 Å². The molecule has 2 N–H and O–H groups in total. The Kier molecular flexibility index (Phi) is 2.94. The summed E-state index contributed by atoms with van der Waals surface area (Å²) in [4.78, 5) is 26.7. The normalized spacial score (nSPS) is 19.1. The summed E-state index contributed by atoms with van der Waals surface area (Å²) in [6.07, 6.45) is 2.00. The molecule has 0 amide bonds. The minimum atomic E-state index is -0.489. The second-order valence-electron chi connectivity index (χ2n) is 4.83. The molecule has 0 radical (unpaired) electrons. The predicted octanol–water partition coefficient (Wildman–Crippen LogP) is 0.581. The second kappa shape index (κ2) is 4.62. The minimum absolute atomic E-state index is 0.150. The minimum Gasteiger partial charge on any atom is -0.312 e. The number of aromatic nitrogens is 2. The zero-order chi connectivity index (χ0) is 13.4. The zero-order valence-electron chi connectivity index (χ0n) is 10.3. The number of fused-ring (bicyclic) bond motifs is 1. The highest BCUT2D eigenvalue weighted by Gasteiger charge is 2.17. The van der Waals surface area contributed by atoms with Gasteiger partial charge in [-0.15, -0.1) is 0 Å². The highest BCUT2D eigenvalue weighted by molar-refractivity contribution is 5.77. The fourth-order valence-corrected chi connectivity index (χ4v) is 2.53. The zero-order valence-corrected chi connectivity index (χ0v) is 10.3. The molecule has 1 fully saturated rings. The largest absolute Gasteiger partial charge is 0.328 e. The summed E-state index contributed by atoms with van der Waals surface area (Å²) >= 11 is 0. The van der Waals surface area contributed by atoms with Crippen molar-refractivity contribution < 1.29 is 4.39 Å². The summed E-state index contributed by atoms with van der Waals surface area (Å²) in [5.74, 6) is -0.474. The molecule has 100 valence electrons. The number of hydrogen-bond donors (Lipinski definition) is 2. The van der Waals surface area contributed by atoms with Crippen LogP contribution in [0.15, 0.2) is 27.8 Å². The van der Waals surface area contributed by atoms with Gasteiger partial charge in [-0.2, -0.15) is 0 Å². The third kappa shape index (κ3) is 2.19. The van der Waals surface area contributed by atoms with Gasteiger partial charge in [0.2, 0.25) is 0 Å². The van der Waals surface area contributed by atoms with E-state index in [1.807, 2.05) is 0 Å². The highest BCUT2D eigenvalue weighted by Crippen LogP contribution is 2.09. The number of nitrogens with zero attached hydrogens (tertiary/aromatic N) is 1. The highest BCUT2D eigenvalue weighted by atomic mass is 19.1. The number of halogens is 1. The van der Waals surface area contributed by atoms with Crippen LogP contribution in [-0.4, -0.2) is 22.1 Å². The molecule has 1 aromatic carbocycles. The van der Waals surface area contributed by atoms with E-state index >= 15 is 0 Å². The third-order valence-corrected chi connectivity index (χ3v) is 3.51. The molecular formula is C13H14FN3O2. The van der Waals surface area contributed by atoms with Crippen LogP contribution >= 0.6 is 0 Å². The molecule has 0 spiro atoms. The Balaban J connectivity index is 2.11. The maximum absolute atomic E-state index is 13.1. The smallest absolute Gasteiger partial charge is 0.312 e. The van der Waals surface area contributed by atoms with Crippen LogP contribution in [0, 0.1) is 5.82 Å². The van der Waals surface area contributed by atoms with Gasteiger partial charge in [0.05, 0.1) is 10.9 Å². The van der Waals surface area contributed by atoms with E-state index in [9.17, 15) is 14.0 Å². The van der Waals surface area contributed by atoms with Crippen molar-refractivity contribution in [2.75, 3.05) is 6.54 Å². The molecule has 0 bridgehead atoms. The number of H-pyrrole nitrogens is 1. The van der Waals surface area contributed by atoms with E-state index in [4.69, 9.17) is 0 Å². The van der Waals surface area contributed by atoms with Crippen molar-refractivity contribution in [3.8, 4) is 0 Å². The Hall–Kier alpha value is -1.95. The van der Waals surface area contributed by atoms with E-state index in [1.165, 1.54) is 16.7 Å². The Morgan fingerprint density at radius 1 is 1.37 bits per heavy atom. The molecule has 2 aromatic rings. The molecular weight excluding hydrogens is 249 g/mol. The van der Waals surface area contributed by atoms with E-state index < -0.39 is 11.5 Å². The molecule has 1 aliphatic heterocycles. The summed E-state index contributed by atoms with van der Waals surface area (Å²) in [6.45, 7) is 1.26. The van der Waals surface area contributed by atoms with Crippen molar-refractivity contribution in [3.05, 3.63) is 44.9 Å². The van der Waals surface area contributed by atoms with E-state index in [1.54, 1.807) is 0 Å². The van der Waals surface area contributed by atoms with Gasteiger partial charge < -0.3 is 10.3 Å². The van der Waals surface area contributed by atoms with Crippen molar-refractivity contribution in [2.45, 2.75) is 25.4 Å². The standard InChI is InChI=1S/C13H14FN3O2/c14-8-3-4-10-11(6-8)16-13(19)17(12(10)18)7-9-2-1-5-15-9/h3-4,6,9,15H,1-2,5,7H2,(H,16,19). The molecule has 3 rings (SSSR count). The lowest BCUT2D eigenvalue weighted by Gasteiger charge is -2.12. The fourth-order valence-electron chi connectivity index (χ4n) is 2.53. The van der Waals surface area contributed by atoms with E-state index in [2.05, 4.69) is 10.3 Å². The molecule has 1 saturated heterocycles. The maximum atomic E-state index is 13.1. The molecule has 1 aliphatic rings. The van der Waals surface area contributed by atoms with E-state index in [-0.39, 0.29) is 17.1 Å². The summed E-state index contributed by atoms with van der Waals surface area (Å²) in [5.41, 5.74) is -0.616. The van der Waals surface area contributed by atoms with Crippen molar-refractivity contribution in [1.29, 1.82) is 0 Å². The van der Waals surface area contributed by atoms with Gasteiger partial charge in [0.15, 0.2) is 0 Å². The fraction of sp³-hybridized carbons (Fsp3) is 0.385. The Morgan fingerprint density at radius 2 is 2.21 bits per heavy atom. The van der Waals surface area contributed by atoms with E-state index in [0.717, 1.165) is 25.5 Å². The first-order valence-corrected chi connectivity index (χ1v) is 6.31. The van der Waals surface area contributed by atoms with Gasteiger partial charge >= 0.3 is 5.69 Å². The molecule has 1 aromatic heterocycles. The van der Waals surface area contributed by atoms with Gasteiger partial charge in [-0.25, -0.2) is 9.18 Å². The molecule has 2 heterocycles. The molecule has 0 saturated carbocycles. The average Bonchev–Trinajstić information content (AvgIpc) is 2.87. The number of rotatable bonds is 2.